The lowest BCUT2D eigenvalue weighted by atomic mass is 9.99. The van der Waals surface area contributed by atoms with Crippen LogP contribution in [0.1, 0.15) is 49.3 Å². The third kappa shape index (κ3) is 2.98. The summed E-state index contributed by atoms with van der Waals surface area (Å²) < 4.78 is 0. The molecule has 0 bridgehead atoms. The summed E-state index contributed by atoms with van der Waals surface area (Å²) >= 11 is 0. The van der Waals surface area contributed by atoms with Crippen molar-refractivity contribution in [2.45, 2.75) is 50.6 Å². The van der Waals surface area contributed by atoms with Gasteiger partial charge in [-0.2, -0.15) is 0 Å². The third-order valence-corrected chi connectivity index (χ3v) is 4.32. The maximum atomic E-state index is 11.2. The lowest BCUT2D eigenvalue weighted by Crippen LogP contribution is -2.37. The molecule has 1 aromatic rings. The highest BCUT2D eigenvalue weighted by molar-refractivity contribution is 5.78. The Morgan fingerprint density at radius 1 is 1.16 bits per heavy atom. The molecule has 19 heavy (non-hydrogen) atoms. The summed E-state index contributed by atoms with van der Waals surface area (Å²) in [6.07, 6.45) is 6.64. The average molecular weight is 258 g/mol. The van der Waals surface area contributed by atoms with E-state index in [4.69, 9.17) is 0 Å². The van der Waals surface area contributed by atoms with Gasteiger partial charge in [0.15, 0.2) is 0 Å². The van der Waals surface area contributed by atoms with Gasteiger partial charge in [0.05, 0.1) is 0 Å². The van der Waals surface area contributed by atoms with Crippen LogP contribution in [0.3, 0.4) is 0 Å². The minimum Gasteiger partial charge on any atom is -0.352 e. The Balaban J connectivity index is 1.65. The Kier molecular flexibility index (Phi) is 3.83. The lowest BCUT2D eigenvalue weighted by molar-refractivity contribution is -0.119. The Morgan fingerprint density at radius 3 is 2.89 bits per heavy atom. The molecule has 3 rings (SSSR count). The van der Waals surface area contributed by atoms with Gasteiger partial charge in [-0.25, -0.2) is 0 Å². The molecule has 3 nitrogen and oxygen atoms in total. The molecule has 3 heteroatoms. The molecule has 1 amide bonds. The molecule has 2 unspecified atom stereocenters. The summed E-state index contributed by atoms with van der Waals surface area (Å²) in [6.45, 7) is 0.894. The van der Waals surface area contributed by atoms with Crippen LogP contribution in [0, 0.1) is 0 Å². The normalized spacial score (nSPS) is 26.6. The molecule has 1 saturated heterocycles. The zero-order valence-corrected chi connectivity index (χ0v) is 11.3. The van der Waals surface area contributed by atoms with Crippen LogP contribution < -0.4 is 10.6 Å². The Morgan fingerprint density at radius 2 is 2.05 bits per heavy atom. The van der Waals surface area contributed by atoms with Gasteiger partial charge in [0.25, 0.3) is 0 Å². The largest absolute Gasteiger partial charge is 0.352 e. The van der Waals surface area contributed by atoms with E-state index in [0.717, 1.165) is 13.0 Å². The Bertz CT molecular complexity index is 458. The Hall–Kier alpha value is -1.35. The zero-order chi connectivity index (χ0) is 13.1. The van der Waals surface area contributed by atoms with Crippen molar-refractivity contribution in [3.05, 3.63) is 35.4 Å². The van der Waals surface area contributed by atoms with Crippen molar-refractivity contribution in [1.82, 2.24) is 10.6 Å². The van der Waals surface area contributed by atoms with Gasteiger partial charge in [0, 0.05) is 25.0 Å². The van der Waals surface area contributed by atoms with Crippen LogP contribution in [0.25, 0.3) is 0 Å². The predicted octanol–water partition coefficient (Wildman–Crippen LogP) is 2.32. The molecule has 1 aromatic carbocycles. The minimum absolute atomic E-state index is 0.202. The highest BCUT2D eigenvalue weighted by Gasteiger charge is 2.23. The van der Waals surface area contributed by atoms with Crippen LogP contribution in [0.2, 0.25) is 0 Å². The molecule has 0 saturated carbocycles. The van der Waals surface area contributed by atoms with Crippen molar-refractivity contribution < 1.29 is 4.79 Å². The maximum absolute atomic E-state index is 11.2. The zero-order valence-electron chi connectivity index (χ0n) is 11.3. The van der Waals surface area contributed by atoms with Gasteiger partial charge >= 0.3 is 0 Å². The minimum atomic E-state index is 0.202. The SMILES string of the molecule is O=C1CCC(CNC2CCCCc3ccccc32)N1. The Labute approximate surface area is 114 Å². The lowest BCUT2D eigenvalue weighted by Gasteiger charge is -2.21. The summed E-state index contributed by atoms with van der Waals surface area (Å²) in [5, 5.41) is 6.70. The first-order valence-corrected chi connectivity index (χ1v) is 7.43. The monoisotopic (exact) mass is 258 g/mol. The molecule has 0 aromatic heterocycles. The van der Waals surface area contributed by atoms with E-state index in [9.17, 15) is 4.79 Å². The maximum Gasteiger partial charge on any atom is 0.220 e. The summed E-state index contributed by atoms with van der Waals surface area (Å²) in [5.74, 6) is 0.202. The fraction of sp³-hybridized carbons (Fsp3) is 0.562. The number of benzene rings is 1. The standard InChI is InChI=1S/C16H22N2O/c19-16-10-9-13(18-16)11-17-15-8-4-2-6-12-5-1-3-7-14(12)15/h1,3,5,7,13,15,17H,2,4,6,8-11H2,(H,18,19). The second-order valence-corrected chi connectivity index (χ2v) is 5.71. The van der Waals surface area contributed by atoms with Crippen molar-refractivity contribution in [2.75, 3.05) is 6.54 Å². The van der Waals surface area contributed by atoms with Crippen LogP contribution >= 0.6 is 0 Å². The number of rotatable bonds is 3. The molecule has 1 aliphatic heterocycles. The number of amides is 1. The number of hydrogen-bond acceptors (Lipinski definition) is 2. The van der Waals surface area contributed by atoms with Gasteiger partial charge in [-0.05, 0) is 36.8 Å². The van der Waals surface area contributed by atoms with E-state index in [-0.39, 0.29) is 5.91 Å². The van der Waals surface area contributed by atoms with Crippen molar-refractivity contribution in [3.8, 4) is 0 Å². The molecule has 1 aliphatic carbocycles. The molecule has 0 radical (unpaired) electrons. The third-order valence-electron chi connectivity index (χ3n) is 4.32. The summed E-state index contributed by atoms with van der Waals surface area (Å²) in [7, 11) is 0. The van der Waals surface area contributed by atoms with Crippen molar-refractivity contribution in [2.24, 2.45) is 0 Å². The number of aryl methyl sites for hydroxylation is 1. The second kappa shape index (κ2) is 5.74. The molecule has 2 atom stereocenters. The van der Waals surface area contributed by atoms with Crippen LogP contribution in [0.15, 0.2) is 24.3 Å². The highest BCUT2D eigenvalue weighted by atomic mass is 16.1. The van der Waals surface area contributed by atoms with E-state index in [1.165, 1.54) is 36.8 Å². The molecular formula is C16H22N2O. The summed E-state index contributed by atoms with van der Waals surface area (Å²) in [4.78, 5) is 11.2. The van der Waals surface area contributed by atoms with Crippen LogP contribution in [0.5, 0.6) is 0 Å². The number of carbonyl (C=O) groups excluding carboxylic acids is 1. The molecule has 1 fully saturated rings. The van der Waals surface area contributed by atoms with E-state index >= 15 is 0 Å². The van der Waals surface area contributed by atoms with Gasteiger partial charge in [-0.15, -0.1) is 0 Å². The molecule has 0 spiro atoms. The smallest absolute Gasteiger partial charge is 0.220 e. The van der Waals surface area contributed by atoms with Gasteiger partial charge in [-0.1, -0.05) is 30.7 Å². The van der Waals surface area contributed by atoms with Crippen LogP contribution in [0.4, 0.5) is 0 Å². The molecule has 2 aliphatic rings. The first kappa shape index (κ1) is 12.7. The molecule has 102 valence electrons. The number of carbonyl (C=O) groups is 1. The van der Waals surface area contributed by atoms with Gasteiger partial charge in [-0.3, -0.25) is 4.79 Å². The van der Waals surface area contributed by atoms with E-state index in [1.807, 2.05) is 0 Å². The first-order valence-electron chi connectivity index (χ1n) is 7.43. The van der Waals surface area contributed by atoms with E-state index < -0.39 is 0 Å². The van der Waals surface area contributed by atoms with Crippen molar-refractivity contribution >= 4 is 5.91 Å². The summed E-state index contributed by atoms with van der Waals surface area (Å²) in [6, 6.07) is 9.56. The van der Waals surface area contributed by atoms with Gasteiger partial charge in [0.2, 0.25) is 5.91 Å². The predicted molar refractivity (Wildman–Crippen MR) is 75.9 cm³/mol. The highest BCUT2D eigenvalue weighted by Crippen LogP contribution is 2.28. The number of hydrogen-bond donors (Lipinski definition) is 2. The first-order chi connectivity index (χ1) is 9.33. The van der Waals surface area contributed by atoms with E-state index in [0.29, 0.717) is 18.5 Å². The number of fused-ring (bicyclic) bond motifs is 1. The van der Waals surface area contributed by atoms with Crippen LogP contribution in [-0.2, 0) is 11.2 Å². The van der Waals surface area contributed by atoms with Crippen LogP contribution in [-0.4, -0.2) is 18.5 Å². The quantitative estimate of drug-likeness (QED) is 0.817. The van der Waals surface area contributed by atoms with Crippen molar-refractivity contribution in [3.63, 3.8) is 0 Å². The van der Waals surface area contributed by atoms with Gasteiger partial charge in [0.1, 0.15) is 0 Å². The topological polar surface area (TPSA) is 41.1 Å². The number of nitrogens with one attached hydrogen (secondary N) is 2. The molecular weight excluding hydrogens is 236 g/mol. The average Bonchev–Trinajstić information content (AvgIpc) is 2.73. The van der Waals surface area contributed by atoms with Crippen molar-refractivity contribution in [1.29, 1.82) is 0 Å². The molecule has 2 N–H and O–H groups in total. The second-order valence-electron chi connectivity index (χ2n) is 5.71. The summed E-state index contributed by atoms with van der Waals surface area (Å²) in [5.41, 5.74) is 2.96. The fourth-order valence-corrected chi connectivity index (χ4v) is 3.25. The fourth-order valence-electron chi connectivity index (χ4n) is 3.25. The van der Waals surface area contributed by atoms with E-state index in [2.05, 4.69) is 34.9 Å². The van der Waals surface area contributed by atoms with Gasteiger partial charge < -0.3 is 10.6 Å². The molecule has 1 heterocycles. The van der Waals surface area contributed by atoms with E-state index in [1.54, 1.807) is 0 Å².